The van der Waals surface area contributed by atoms with E-state index in [0.717, 1.165) is 31.9 Å². The van der Waals surface area contributed by atoms with E-state index in [1.807, 2.05) is 19.1 Å². The molecule has 0 aromatic carbocycles. The van der Waals surface area contributed by atoms with Crippen molar-refractivity contribution in [3.63, 3.8) is 0 Å². The van der Waals surface area contributed by atoms with E-state index < -0.39 is 0 Å². The molecular formula is C12H19NO2. The van der Waals surface area contributed by atoms with Crippen LogP contribution in [0.4, 0.5) is 0 Å². The van der Waals surface area contributed by atoms with Gasteiger partial charge in [0.15, 0.2) is 0 Å². The van der Waals surface area contributed by atoms with Crippen molar-refractivity contribution in [1.82, 2.24) is 5.32 Å². The summed E-state index contributed by atoms with van der Waals surface area (Å²) in [5, 5.41) is 3.39. The number of piperidine rings is 1. The van der Waals surface area contributed by atoms with Crippen LogP contribution < -0.4 is 5.32 Å². The summed E-state index contributed by atoms with van der Waals surface area (Å²) in [7, 11) is 0. The van der Waals surface area contributed by atoms with E-state index in [-0.39, 0.29) is 5.60 Å². The molecule has 0 amide bonds. The van der Waals surface area contributed by atoms with Crippen LogP contribution in [0.5, 0.6) is 0 Å². The summed E-state index contributed by atoms with van der Waals surface area (Å²) in [6, 6.07) is 3.96. The second-order valence-electron chi connectivity index (χ2n) is 4.15. The highest BCUT2D eigenvalue weighted by Crippen LogP contribution is 2.38. The molecule has 0 saturated carbocycles. The maximum absolute atomic E-state index is 5.99. The molecule has 2 atom stereocenters. The molecule has 3 heteroatoms. The molecule has 0 radical (unpaired) electrons. The minimum atomic E-state index is -0.219. The Balaban J connectivity index is 2.30. The van der Waals surface area contributed by atoms with E-state index >= 15 is 0 Å². The van der Waals surface area contributed by atoms with Gasteiger partial charge in [-0.05, 0) is 32.0 Å². The third-order valence-electron chi connectivity index (χ3n) is 3.26. The van der Waals surface area contributed by atoms with Gasteiger partial charge in [0.1, 0.15) is 11.4 Å². The highest BCUT2D eigenvalue weighted by Gasteiger charge is 2.42. The smallest absolute Gasteiger partial charge is 0.135 e. The van der Waals surface area contributed by atoms with Gasteiger partial charge in [-0.25, -0.2) is 0 Å². The SMILES string of the molecule is CCO[C@]1(c2ccco2)CCNC[C@H]1C. The highest BCUT2D eigenvalue weighted by molar-refractivity contribution is 5.13. The van der Waals surface area contributed by atoms with Gasteiger partial charge in [-0.3, -0.25) is 0 Å². The molecule has 1 aromatic heterocycles. The Hall–Kier alpha value is -0.800. The van der Waals surface area contributed by atoms with Crippen molar-refractivity contribution in [2.24, 2.45) is 5.92 Å². The summed E-state index contributed by atoms with van der Waals surface area (Å²) in [5.74, 6) is 1.41. The predicted molar refractivity (Wildman–Crippen MR) is 58.7 cm³/mol. The van der Waals surface area contributed by atoms with Gasteiger partial charge in [-0.1, -0.05) is 6.92 Å². The maximum Gasteiger partial charge on any atom is 0.135 e. The van der Waals surface area contributed by atoms with E-state index in [1.165, 1.54) is 0 Å². The third-order valence-corrected chi connectivity index (χ3v) is 3.26. The summed E-state index contributed by atoms with van der Waals surface area (Å²) in [5.41, 5.74) is -0.219. The maximum atomic E-state index is 5.99. The molecular weight excluding hydrogens is 190 g/mol. The monoisotopic (exact) mass is 209 g/mol. The fraction of sp³-hybridized carbons (Fsp3) is 0.667. The van der Waals surface area contributed by atoms with Crippen molar-refractivity contribution >= 4 is 0 Å². The van der Waals surface area contributed by atoms with Crippen LogP contribution in [0.2, 0.25) is 0 Å². The first-order valence-corrected chi connectivity index (χ1v) is 5.68. The lowest BCUT2D eigenvalue weighted by Gasteiger charge is -2.41. The molecule has 1 saturated heterocycles. The average Bonchev–Trinajstić information content (AvgIpc) is 2.75. The normalized spacial score (nSPS) is 31.7. The number of ether oxygens (including phenoxy) is 1. The fourth-order valence-corrected chi connectivity index (χ4v) is 2.43. The van der Waals surface area contributed by atoms with Crippen LogP contribution in [0.3, 0.4) is 0 Å². The van der Waals surface area contributed by atoms with Crippen molar-refractivity contribution in [2.45, 2.75) is 25.9 Å². The Morgan fingerprint density at radius 3 is 3.13 bits per heavy atom. The molecule has 0 unspecified atom stereocenters. The van der Waals surface area contributed by atoms with Gasteiger partial charge in [0.25, 0.3) is 0 Å². The molecule has 1 aliphatic rings. The zero-order valence-corrected chi connectivity index (χ0v) is 9.45. The number of hydrogen-bond acceptors (Lipinski definition) is 3. The van der Waals surface area contributed by atoms with E-state index in [2.05, 4.69) is 12.2 Å². The zero-order valence-electron chi connectivity index (χ0n) is 9.45. The Kier molecular flexibility index (Phi) is 3.12. The van der Waals surface area contributed by atoms with E-state index in [0.29, 0.717) is 5.92 Å². The van der Waals surface area contributed by atoms with Crippen LogP contribution in [0.1, 0.15) is 26.0 Å². The molecule has 2 heterocycles. The van der Waals surface area contributed by atoms with E-state index in [1.54, 1.807) is 6.26 Å². The zero-order chi connectivity index (χ0) is 10.7. The summed E-state index contributed by atoms with van der Waals surface area (Å²) >= 11 is 0. The van der Waals surface area contributed by atoms with Crippen molar-refractivity contribution in [3.05, 3.63) is 24.2 Å². The highest BCUT2D eigenvalue weighted by atomic mass is 16.5. The van der Waals surface area contributed by atoms with E-state index in [9.17, 15) is 0 Å². The number of nitrogens with one attached hydrogen (secondary N) is 1. The van der Waals surface area contributed by atoms with Crippen LogP contribution in [0, 0.1) is 5.92 Å². The molecule has 2 rings (SSSR count). The van der Waals surface area contributed by atoms with Gasteiger partial charge < -0.3 is 14.5 Å². The molecule has 3 nitrogen and oxygen atoms in total. The van der Waals surface area contributed by atoms with E-state index in [4.69, 9.17) is 9.15 Å². The van der Waals surface area contributed by atoms with Gasteiger partial charge in [0.2, 0.25) is 0 Å². The Labute approximate surface area is 90.8 Å². The Morgan fingerprint density at radius 2 is 2.53 bits per heavy atom. The van der Waals surface area contributed by atoms with Gasteiger partial charge >= 0.3 is 0 Å². The topological polar surface area (TPSA) is 34.4 Å². The molecule has 0 spiro atoms. The summed E-state index contributed by atoms with van der Waals surface area (Å²) in [4.78, 5) is 0. The first kappa shape index (κ1) is 10.7. The van der Waals surface area contributed by atoms with Crippen molar-refractivity contribution in [3.8, 4) is 0 Å². The number of furan rings is 1. The third kappa shape index (κ3) is 1.82. The Morgan fingerprint density at radius 1 is 1.67 bits per heavy atom. The largest absolute Gasteiger partial charge is 0.466 e. The van der Waals surface area contributed by atoms with Gasteiger partial charge in [-0.15, -0.1) is 0 Å². The molecule has 1 aliphatic heterocycles. The molecule has 0 aliphatic carbocycles. The van der Waals surface area contributed by atoms with Crippen molar-refractivity contribution in [2.75, 3.05) is 19.7 Å². The molecule has 1 fully saturated rings. The van der Waals surface area contributed by atoms with Crippen molar-refractivity contribution in [1.29, 1.82) is 0 Å². The standard InChI is InChI=1S/C12H19NO2/c1-3-15-12(11-5-4-8-14-11)6-7-13-9-10(12)2/h4-5,8,10,13H,3,6-7,9H2,1-2H3/t10-,12-/m1/s1. The molecule has 1 aromatic rings. The Bertz CT molecular complexity index is 293. The first-order valence-electron chi connectivity index (χ1n) is 5.68. The van der Waals surface area contributed by atoms with Crippen LogP contribution in [0.15, 0.2) is 22.8 Å². The molecule has 1 N–H and O–H groups in total. The van der Waals surface area contributed by atoms with Gasteiger partial charge in [-0.2, -0.15) is 0 Å². The molecule has 0 bridgehead atoms. The first-order chi connectivity index (χ1) is 7.29. The lowest BCUT2D eigenvalue weighted by molar-refractivity contribution is -0.113. The van der Waals surface area contributed by atoms with Crippen LogP contribution in [-0.4, -0.2) is 19.7 Å². The minimum absolute atomic E-state index is 0.219. The fourth-order valence-electron chi connectivity index (χ4n) is 2.43. The van der Waals surface area contributed by atoms with Gasteiger partial charge in [0, 0.05) is 19.1 Å². The minimum Gasteiger partial charge on any atom is -0.466 e. The van der Waals surface area contributed by atoms with Crippen molar-refractivity contribution < 1.29 is 9.15 Å². The van der Waals surface area contributed by atoms with Crippen LogP contribution >= 0.6 is 0 Å². The lowest BCUT2D eigenvalue weighted by atomic mass is 9.80. The predicted octanol–water partition coefficient (Wildman–Crippen LogP) is 2.14. The van der Waals surface area contributed by atoms with Crippen LogP contribution in [-0.2, 0) is 10.3 Å². The average molecular weight is 209 g/mol. The lowest BCUT2D eigenvalue weighted by Crippen LogP contribution is -2.48. The summed E-state index contributed by atoms with van der Waals surface area (Å²) < 4.78 is 11.5. The quantitative estimate of drug-likeness (QED) is 0.828. The summed E-state index contributed by atoms with van der Waals surface area (Å²) in [6.07, 6.45) is 2.71. The van der Waals surface area contributed by atoms with Crippen LogP contribution in [0.25, 0.3) is 0 Å². The number of hydrogen-bond donors (Lipinski definition) is 1. The van der Waals surface area contributed by atoms with Gasteiger partial charge in [0.05, 0.1) is 6.26 Å². The number of rotatable bonds is 3. The molecule has 15 heavy (non-hydrogen) atoms. The second-order valence-corrected chi connectivity index (χ2v) is 4.15. The molecule has 84 valence electrons. The second kappa shape index (κ2) is 4.37. The summed E-state index contributed by atoms with van der Waals surface area (Å²) in [6.45, 7) is 6.96.